The largest absolute Gasteiger partial charge is 0.280 e. The van der Waals surface area contributed by atoms with Crippen LogP contribution in [0.1, 0.15) is 18.1 Å². The highest BCUT2D eigenvalue weighted by atomic mass is 35.5. The molecule has 2 nitrogen and oxygen atoms in total. The van der Waals surface area contributed by atoms with E-state index in [0.717, 1.165) is 5.56 Å². The van der Waals surface area contributed by atoms with Crippen molar-refractivity contribution in [3.05, 3.63) is 63.9 Å². The molecule has 0 bridgehead atoms. The highest BCUT2D eigenvalue weighted by Gasteiger charge is 2.36. The molecule has 1 heterocycles. The minimum atomic E-state index is -0.940. The van der Waals surface area contributed by atoms with Crippen LogP contribution in [0.25, 0.3) is 0 Å². The fourth-order valence-corrected chi connectivity index (χ4v) is 2.77. The van der Waals surface area contributed by atoms with E-state index in [1.165, 1.54) is 0 Å². The molecule has 0 aliphatic carbocycles. The molecule has 0 saturated carbocycles. The Morgan fingerprint density at radius 3 is 2.45 bits per heavy atom. The van der Waals surface area contributed by atoms with Crippen LogP contribution >= 0.6 is 34.8 Å². The minimum absolute atomic E-state index is 0.428. The Balaban J connectivity index is 2.49. The summed E-state index contributed by atoms with van der Waals surface area (Å²) in [7, 11) is 0. The quantitative estimate of drug-likeness (QED) is 0.764. The van der Waals surface area contributed by atoms with Crippen molar-refractivity contribution in [2.24, 2.45) is 0 Å². The lowest BCUT2D eigenvalue weighted by molar-refractivity contribution is -0.116. The minimum Gasteiger partial charge on any atom is -0.280 e. The number of carbonyl (C=O) groups is 1. The molecule has 2 rings (SSSR count). The van der Waals surface area contributed by atoms with E-state index in [9.17, 15) is 4.79 Å². The molecule has 0 amide bonds. The highest BCUT2D eigenvalue weighted by Crippen LogP contribution is 2.36. The van der Waals surface area contributed by atoms with Crippen molar-refractivity contribution in [1.82, 2.24) is 4.98 Å². The first-order chi connectivity index (χ1) is 9.43. The van der Waals surface area contributed by atoms with Gasteiger partial charge in [-0.2, -0.15) is 0 Å². The Morgan fingerprint density at radius 2 is 1.85 bits per heavy atom. The Labute approximate surface area is 132 Å². The molecule has 0 N–H and O–H groups in total. The maximum Gasteiger partial charge on any atom is 0.232 e. The zero-order chi connectivity index (χ0) is 14.8. The predicted octanol–water partition coefficient (Wildman–Crippen LogP) is 4.65. The summed E-state index contributed by atoms with van der Waals surface area (Å²) >= 11 is 18.1. The number of hydrogen-bond acceptors (Lipinski definition) is 2. The summed E-state index contributed by atoms with van der Waals surface area (Å²) < 4.78 is 0. The van der Waals surface area contributed by atoms with Gasteiger partial charge in [-0.05, 0) is 66.4 Å². The van der Waals surface area contributed by atoms with Crippen molar-refractivity contribution in [3.8, 4) is 0 Å². The number of pyridine rings is 1. The molecular formula is C15H12Cl3NO. The third-order valence-electron chi connectivity index (χ3n) is 3.26. The van der Waals surface area contributed by atoms with E-state index in [1.807, 2.05) is 12.1 Å². The van der Waals surface area contributed by atoms with Gasteiger partial charge < -0.3 is 0 Å². The number of carbonyl (C=O) groups excluding carboxylic acids is 1. The number of nitrogens with zero attached hydrogens (tertiary/aromatic N) is 1. The van der Waals surface area contributed by atoms with Crippen LogP contribution < -0.4 is 0 Å². The lowest BCUT2D eigenvalue weighted by Crippen LogP contribution is -2.32. The maximum absolute atomic E-state index is 12.0. The number of benzene rings is 1. The molecular weight excluding hydrogens is 317 g/mol. The topological polar surface area (TPSA) is 30.0 Å². The lowest BCUT2D eigenvalue weighted by atomic mass is 9.78. The Morgan fingerprint density at radius 1 is 1.20 bits per heavy atom. The van der Waals surface area contributed by atoms with Crippen molar-refractivity contribution < 1.29 is 4.79 Å². The number of rotatable bonds is 4. The van der Waals surface area contributed by atoms with Crippen LogP contribution in [0, 0.1) is 0 Å². The van der Waals surface area contributed by atoms with Gasteiger partial charge in [0.2, 0.25) is 5.24 Å². The molecule has 1 aromatic heterocycles. The number of halogens is 3. The summed E-state index contributed by atoms with van der Waals surface area (Å²) in [6.45, 7) is 1.76. The molecule has 1 unspecified atom stereocenters. The smallest absolute Gasteiger partial charge is 0.232 e. The highest BCUT2D eigenvalue weighted by molar-refractivity contribution is 6.65. The van der Waals surface area contributed by atoms with Crippen LogP contribution in [-0.4, -0.2) is 10.2 Å². The van der Waals surface area contributed by atoms with Gasteiger partial charge in [0.25, 0.3) is 0 Å². The molecule has 1 atom stereocenters. The monoisotopic (exact) mass is 327 g/mol. The maximum atomic E-state index is 12.0. The van der Waals surface area contributed by atoms with Gasteiger partial charge in [0.1, 0.15) is 0 Å². The van der Waals surface area contributed by atoms with Crippen molar-refractivity contribution in [3.63, 3.8) is 0 Å². The van der Waals surface area contributed by atoms with Crippen LogP contribution in [0.5, 0.6) is 0 Å². The number of aromatic nitrogens is 1. The molecule has 0 radical (unpaired) electrons. The zero-order valence-electron chi connectivity index (χ0n) is 10.7. The molecule has 0 aliphatic heterocycles. The second-order valence-electron chi connectivity index (χ2n) is 4.76. The second kappa shape index (κ2) is 6.13. The van der Waals surface area contributed by atoms with Crippen LogP contribution in [0.4, 0.5) is 0 Å². The van der Waals surface area contributed by atoms with Gasteiger partial charge in [-0.3, -0.25) is 9.78 Å². The summed E-state index contributed by atoms with van der Waals surface area (Å²) in [6.07, 6.45) is 3.78. The van der Waals surface area contributed by atoms with Gasteiger partial charge in [-0.1, -0.05) is 23.2 Å². The van der Waals surface area contributed by atoms with Crippen LogP contribution in [-0.2, 0) is 16.6 Å². The molecule has 0 spiro atoms. The first-order valence-electron chi connectivity index (χ1n) is 5.98. The first kappa shape index (κ1) is 15.3. The molecule has 5 heteroatoms. The normalized spacial score (nSPS) is 13.8. The third kappa shape index (κ3) is 3.14. The van der Waals surface area contributed by atoms with Gasteiger partial charge >= 0.3 is 0 Å². The van der Waals surface area contributed by atoms with E-state index >= 15 is 0 Å². The van der Waals surface area contributed by atoms with E-state index in [0.29, 0.717) is 22.0 Å². The molecule has 0 saturated heterocycles. The van der Waals surface area contributed by atoms with Crippen molar-refractivity contribution >= 4 is 40.0 Å². The molecule has 2 aromatic rings. The van der Waals surface area contributed by atoms with Crippen molar-refractivity contribution in [2.75, 3.05) is 0 Å². The fraction of sp³-hybridized carbons (Fsp3) is 0.200. The Hall–Kier alpha value is -1.09. The van der Waals surface area contributed by atoms with Gasteiger partial charge in [0.05, 0.1) is 5.41 Å². The molecule has 0 fully saturated rings. The Bertz CT molecular complexity index is 630. The van der Waals surface area contributed by atoms with Gasteiger partial charge in [-0.15, -0.1) is 0 Å². The predicted molar refractivity (Wildman–Crippen MR) is 82.6 cm³/mol. The Kier molecular flexibility index (Phi) is 4.69. The molecule has 0 aliphatic rings. The van der Waals surface area contributed by atoms with Crippen LogP contribution in [0.2, 0.25) is 10.0 Å². The molecule has 104 valence electrons. The van der Waals surface area contributed by atoms with Crippen LogP contribution in [0.3, 0.4) is 0 Å². The average molecular weight is 329 g/mol. The van der Waals surface area contributed by atoms with E-state index in [2.05, 4.69) is 4.98 Å². The van der Waals surface area contributed by atoms with Crippen molar-refractivity contribution in [2.45, 2.75) is 18.8 Å². The molecule has 1 aromatic carbocycles. The second-order valence-corrected chi connectivity index (χ2v) is 5.95. The van der Waals surface area contributed by atoms with Gasteiger partial charge in [0.15, 0.2) is 0 Å². The van der Waals surface area contributed by atoms with E-state index < -0.39 is 10.7 Å². The van der Waals surface area contributed by atoms with E-state index in [1.54, 1.807) is 37.5 Å². The van der Waals surface area contributed by atoms with Gasteiger partial charge in [0, 0.05) is 22.4 Å². The summed E-state index contributed by atoms with van der Waals surface area (Å²) in [5.74, 6) is 0. The summed E-state index contributed by atoms with van der Waals surface area (Å²) in [5.41, 5.74) is 0.640. The summed E-state index contributed by atoms with van der Waals surface area (Å²) in [4.78, 5) is 15.9. The van der Waals surface area contributed by atoms with E-state index in [4.69, 9.17) is 34.8 Å². The SMILES string of the molecule is CC(Cc1ccncc1)(C(=O)Cl)c1cc(Cl)ccc1Cl. The van der Waals surface area contributed by atoms with Crippen molar-refractivity contribution in [1.29, 1.82) is 0 Å². The zero-order valence-corrected chi connectivity index (χ0v) is 13.0. The third-order valence-corrected chi connectivity index (χ3v) is 4.25. The van der Waals surface area contributed by atoms with Crippen LogP contribution in [0.15, 0.2) is 42.7 Å². The first-order valence-corrected chi connectivity index (χ1v) is 7.11. The fourth-order valence-electron chi connectivity index (χ4n) is 2.10. The summed E-state index contributed by atoms with van der Waals surface area (Å²) in [5, 5.41) is 0.515. The standard InChI is InChI=1S/C15H12Cl3NO/c1-15(14(18)20,9-10-4-6-19-7-5-10)12-8-11(16)2-3-13(12)17/h2-8H,9H2,1H3. The number of hydrogen-bond donors (Lipinski definition) is 0. The average Bonchev–Trinajstić information content (AvgIpc) is 2.42. The summed E-state index contributed by atoms with van der Waals surface area (Å²) in [6, 6.07) is 8.72. The lowest BCUT2D eigenvalue weighted by Gasteiger charge is -2.27. The van der Waals surface area contributed by atoms with E-state index in [-0.39, 0.29) is 0 Å². The van der Waals surface area contributed by atoms with Gasteiger partial charge in [-0.25, -0.2) is 0 Å². The molecule has 20 heavy (non-hydrogen) atoms.